The number of carbonyl (C=O) groups excluding carboxylic acids is 1. The van der Waals surface area contributed by atoms with Crippen LogP contribution in [0.1, 0.15) is 15.9 Å². The van der Waals surface area contributed by atoms with E-state index in [4.69, 9.17) is 5.73 Å². The fourth-order valence-corrected chi connectivity index (χ4v) is 1.68. The third-order valence-electron chi connectivity index (χ3n) is 2.59. The molecule has 0 spiro atoms. The van der Waals surface area contributed by atoms with E-state index >= 15 is 0 Å². The first-order valence-electron chi connectivity index (χ1n) is 5.35. The number of halogens is 3. The summed E-state index contributed by atoms with van der Waals surface area (Å²) >= 11 is 0. The Morgan fingerprint density at radius 2 is 1.95 bits per heavy atom. The van der Waals surface area contributed by atoms with Gasteiger partial charge in [0.25, 0.3) is 11.5 Å². The average Bonchev–Trinajstić information content (AvgIpc) is 2.37. The van der Waals surface area contributed by atoms with Crippen LogP contribution in [0.2, 0.25) is 0 Å². The number of aromatic amines is 1. The van der Waals surface area contributed by atoms with Gasteiger partial charge in [0, 0.05) is 18.0 Å². The van der Waals surface area contributed by atoms with Gasteiger partial charge in [0.15, 0.2) is 0 Å². The van der Waals surface area contributed by atoms with Crippen molar-refractivity contribution < 1.29 is 18.0 Å². The van der Waals surface area contributed by atoms with Crippen molar-refractivity contribution in [1.82, 2.24) is 9.97 Å². The van der Waals surface area contributed by atoms with Gasteiger partial charge in [0.1, 0.15) is 5.56 Å². The van der Waals surface area contributed by atoms with Crippen LogP contribution in [0.25, 0.3) is 11.3 Å². The summed E-state index contributed by atoms with van der Waals surface area (Å²) in [5.74, 6) is -0.958. The molecule has 0 bridgehead atoms. The number of nitrogens with zero attached hydrogens (tertiary/aromatic N) is 1. The number of nitrogens with two attached hydrogens (primary N) is 1. The largest absolute Gasteiger partial charge is 0.417 e. The van der Waals surface area contributed by atoms with Crippen molar-refractivity contribution in [3.63, 3.8) is 0 Å². The molecule has 0 saturated carbocycles. The molecule has 2 aromatic heterocycles. The molecule has 1 amide bonds. The summed E-state index contributed by atoms with van der Waals surface area (Å²) in [5.41, 5.74) is 2.45. The lowest BCUT2D eigenvalue weighted by Gasteiger charge is -2.12. The van der Waals surface area contributed by atoms with E-state index in [1.54, 1.807) is 0 Å². The Hall–Kier alpha value is -2.64. The van der Waals surface area contributed by atoms with E-state index < -0.39 is 23.2 Å². The van der Waals surface area contributed by atoms with E-state index in [1.165, 1.54) is 6.07 Å². The van der Waals surface area contributed by atoms with E-state index in [0.717, 1.165) is 24.5 Å². The molecule has 0 aliphatic rings. The molecule has 0 atom stereocenters. The molecule has 2 heterocycles. The van der Waals surface area contributed by atoms with Crippen LogP contribution in [0.3, 0.4) is 0 Å². The van der Waals surface area contributed by atoms with Gasteiger partial charge in [-0.3, -0.25) is 14.6 Å². The number of alkyl halides is 3. The Bertz CT molecular complexity index is 722. The Morgan fingerprint density at radius 1 is 1.25 bits per heavy atom. The van der Waals surface area contributed by atoms with E-state index in [-0.39, 0.29) is 16.8 Å². The highest BCUT2D eigenvalue weighted by Gasteiger charge is 2.33. The van der Waals surface area contributed by atoms with Crippen LogP contribution >= 0.6 is 0 Å². The molecule has 2 aromatic rings. The van der Waals surface area contributed by atoms with Crippen LogP contribution in [0.4, 0.5) is 13.2 Å². The average molecular weight is 283 g/mol. The van der Waals surface area contributed by atoms with Gasteiger partial charge in [-0.2, -0.15) is 13.2 Å². The first-order chi connectivity index (χ1) is 9.30. The highest BCUT2D eigenvalue weighted by atomic mass is 19.4. The molecule has 0 unspecified atom stereocenters. The monoisotopic (exact) mass is 283 g/mol. The number of nitrogens with one attached hydrogen (secondary N) is 1. The van der Waals surface area contributed by atoms with Crippen LogP contribution in [-0.2, 0) is 6.18 Å². The maximum absolute atomic E-state index is 12.8. The van der Waals surface area contributed by atoms with Gasteiger partial charge in [-0.25, -0.2) is 0 Å². The molecule has 0 aromatic carbocycles. The third-order valence-corrected chi connectivity index (χ3v) is 2.59. The smallest absolute Gasteiger partial charge is 0.365 e. The Kier molecular flexibility index (Phi) is 3.31. The summed E-state index contributed by atoms with van der Waals surface area (Å²) in [6.45, 7) is 0. The lowest BCUT2D eigenvalue weighted by Crippen LogP contribution is -2.23. The number of pyridine rings is 2. The van der Waals surface area contributed by atoms with Crippen molar-refractivity contribution in [1.29, 1.82) is 0 Å². The van der Waals surface area contributed by atoms with Crippen LogP contribution < -0.4 is 11.3 Å². The number of rotatable bonds is 2. The van der Waals surface area contributed by atoms with Crippen molar-refractivity contribution in [2.45, 2.75) is 6.18 Å². The maximum Gasteiger partial charge on any atom is 0.417 e. The van der Waals surface area contributed by atoms with Gasteiger partial charge in [-0.1, -0.05) is 0 Å². The lowest BCUT2D eigenvalue weighted by molar-refractivity contribution is -0.137. The number of primary amides is 1. The maximum atomic E-state index is 12.8. The fourth-order valence-electron chi connectivity index (χ4n) is 1.68. The highest BCUT2D eigenvalue weighted by molar-refractivity contribution is 5.92. The third kappa shape index (κ3) is 2.53. The van der Waals surface area contributed by atoms with E-state index in [0.29, 0.717) is 0 Å². The normalized spacial score (nSPS) is 11.3. The molecular weight excluding hydrogens is 275 g/mol. The summed E-state index contributed by atoms with van der Waals surface area (Å²) < 4.78 is 38.5. The number of carbonyl (C=O) groups is 1. The minimum atomic E-state index is -4.59. The van der Waals surface area contributed by atoms with Gasteiger partial charge in [-0.15, -0.1) is 0 Å². The Balaban J connectivity index is 2.62. The van der Waals surface area contributed by atoms with Crippen molar-refractivity contribution in [3.8, 4) is 11.3 Å². The standard InChI is InChI=1S/C12H8F3N3O2/c13-12(14,15)8-3-4-17-5-7(8)9-2-1-6(10(16)19)11(20)18-9/h1-5H,(H2,16,19)(H,18,20). The van der Waals surface area contributed by atoms with Crippen molar-refractivity contribution in [2.75, 3.05) is 0 Å². The van der Waals surface area contributed by atoms with Gasteiger partial charge in [0.05, 0.1) is 11.3 Å². The summed E-state index contributed by atoms with van der Waals surface area (Å²) in [7, 11) is 0. The van der Waals surface area contributed by atoms with Crippen LogP contribution in [0.5, 0.6) is 0 Å². The van der Waals surface area contributed by atoms with Gasteiger partial charge in [0.2, 0.25) is 0 Å². The molecule has 2 rings (SSSR count). The Labute approximate surface area is 110 Å². The number of hydrogen-bond donors (Lipinski definition) is 2. The Morgan fingerprint density at radius 3 is 2.50 bits per heavy atom. The summed E-state index contributed by atoms with van der Waals surface area (Å²) in [6, 6.07) is 3.05. The second-order valence-corrected chi connectivity index (χ2v) is 3.90. The van der Waals surface area contributed by atoms with Crippen LogP contribution in [0, 0.1) is 0 Å². The zero-order valence-corrected chi connectivity index (χ0v) is 9.86. The van der Waals surface area contributed by atoms with Crippen molar-refractivity contribution in [2.24, 2.45) is 5.73 Å². The van der Waals surface area contributed by atoms with E-state index in [1.807, 2.05) is 0 Å². The molecule has 3 N–H and O–H groups in total. The quantitative estimate of drug-likeness (QED) is 0.876. The molecule has 0 aliphatic heterocycles. The second kappa shape index (κ2) is 4.80. The number of aromatic nitrogens is 2. The molecular formula is C12H8F3N3O2. The van der Waals surface area contributed by atoms with Crippen molar-refractivity contribution >= 4 is 5.91 Å². The fraction of sp³-hybridized carbons (Fsp3) is 0.0833. The van der Waals surface area contributed by atoms with Gasteiger partial charge >= 0.3 is 6.18 Å². The number of H-pyrrole nitrogens is 1. The number of amides is 1. The predicted octanol–water partition coefficient (Wildman–Crippen LogP) is 1.55. The lowest BCUT2D eigenvalue weighted by atomic mass is 10.1. The molecule has 5 nitrogen and oxygen atoms in total. The summed E-state index contributed by atoms with van der Waals surface area (Å²) in [5, 5.41) is 0. The summed E-state index contributed by atoms with van der Waals surface area (Å²) in [6.07, 6.45) is -2.60. The zero-order chi connectivity index (χ0) is 14.9. The molecule has 20 heavy (non-hydrogen) atoms. The molecule has 104 valence electrons. The predicted molar refractivity (Wildman–Crippen MR) is 63.8 cm³/mol. The molecule has 0 radical (unpaired) electrons. The van der Waals surface area contributed by atoms with Crippen LogP contribution in [0.15, 0.2) is 35.4 Å². The van der Waals surface area contributed by atoms with E-state index in [2.05, 4.69) is 9.97 Å². The minimum absolute atomic E-state index is 0.0968. The minimum Gasteiger partial charge on any atom is -0.365 e. The zero-order valence-electron chi connectivity index (χ0n) is 9.86. The van der Waals surface area contributed by atoms with Crippen molar-refractivity contribution in [3.05, 3.63) is 52.1 Å². The van der Waals surface area contributed by atoms with Crippen LogP contribution in [-0.4, -0.2) is 15.9 Å². The van der Waals surface area contributed by atoms with Gasteiger partial charge < -0.3 is 10.7 Å². The highest BCUT2D eigenvalue weighted by Crippen LogP contribution is 2.35. The van der Waals surface area contributed by atoms with E-state index in [9.17, 15) is 22.8 Å². The second-order valence-electron chi connectivity index (χ2n) is 3.90. The topological polar surface area (TPSA) is 88.8 Å². The van der Waals surface area contributed by atoms with Gasteiger partial charge in [-0.05, 0) is 18.2 Å². The molecule has 0 fully saturated rings. The SMILES string of the molecule is NC(=O)c1ccc(-c2cnccc2C(F)(F)F)[nH]c1=O. The molecule has 0 aliphatic carbocycles. The molecule has 0 saturated heterocycles. The first-order valence-corrected chi connectivity index (χ1v) is 5.35. The summed E-state index contributed by atoms with van der Waals surface area (Å²) in [4.78, 5) is 28.3. The first kappa shape index (κ1) is 13.8. The molecule has 8 heteroatoms. The number of hydrogen-bond acceptors (Lipinski definition) is 3.